The Morgan fingerprint density at radius 3 is 3.21 bits per heavy atom. The predicted octanol–water partition coefficient (Wildman–Crippen LogP) is 2.32. The molecule has 0 bridgehead atoms. The number of pyridine rings is 1. The summed E-state index contributed by atoms with van der Waals surface area (Å²) in [5.41, 5.74) is 1.76. The largest absolute Gasteiger partial charge is 0.368 e. The summed E-state index contributed by atoms with van der Waals surface area (Å²) in [5, 5.41) is 5.30. The van der Waals surface area contributed by atoms with Gasteiger partial charge in [0.25, 0.3) is 5.91 Å². The monoisotopic (exact) mass is 275 g/mol. The smallest absolute Gasteiger partial charge is 0.255 e. The summed E-state index contributed by atoms with van der Waals surface area (Å²) in [6.07, 6.45) is 4.87. The first-order valence-electron chi connectivity index (χ1n) is 6.11. The van der Waals surface area contributed by atoms with E-state index < -0.39 is 0 Å². The highest BCUT2D eigenvalue weighted by Crippen LogP contribution is 2.24. The van der Waals surface area contributed by atoms with Gasteiger partial charge in [0.1, 0.15) is 6.10 Å². The maximum Gasteiger partial charge on any atom is 0.255 e. The molecule has 19 heavy (non-hydrogen) atoms. The van der Waals surface area contributed by atoms with Crippen molar-refractivity contribution in [2.24, 2.45) is 0 Å². The minimum absolute atomic E-state index is 0.107. The molecule has 1 aliphatic rings. The lowest BCUT2D eigenvalue weighted by atomic mass is 10.2. The van der Waals surface area contributed by atoms with Crippen LogP contribution in [0.2, 0.25) is 0 Å². The van der Waals surface area contributed by atoms with Crippen LogP contribution >= 0.6 is 11.3 Å². The topological polar surface area (TPSA) is 64.1 Å². The molecule has 2 aromatic heterocycles. The summed E-state index contributed by atoms with van der Waals surface area (Å²) in [6, 6.07) is 3.80. The molecule has 1 fully saturated rings. The molecule has 1 atom stereocenters. The van der Waals surface area contributed by atoms with Crippen LogP contribution in [0.3, 0.4) is 0 Å². The average molecular weight is 275 g/mol. The zero-order chi connectivity index (χ0) is 13.1. The second-order valence-electron chi connectivity index (χ2n) is 4.27. The van der Waals surface area contributed by atoms with E-state index in [1.807, 2.05) is 17.5 Å². The Hall–Kier alpha value is -1.79. The molecule has 0 aliphatic carbocycles. The SMILES string of the molecule is O=C(Nc1nc(-c2cccnc2)cs1)[C@H]1CCCO1. The third-order valence-corrected chi connectivity index (χ3v) is 3.67. The van der Waals surface area contributed by atoms with Crippen LogP contribution in [0, 0.1) is 0 Å². The van der Waals surface area contributed by atoms with Crippen molar-refractivity contribution in [1.29, 1.82) is 0 Å². The standard InChI is InChI=1S/C13H13N3O2S/c17-12(11-4-2-6-18-11)16-13-15-10(8-19-13)9-3-1-5-14-7-9/h1,3,5,7-8,11H,2,4,6H2,(H,15,16,17)/t11-/m1/s1. The summed E-state index contributed by atoms with van der Waals surface area (Å²) in [4.78, 5) is 20.3. The van der Waals surface area contributed by atoms with Crippen molar-refractivity contribution in [2.45, 2.75) is 18.9 Å². The number of carbonyl (C=O) groups is 1. The van der Waals surface area contributed by atoms with Crippen LogP contribution in [0.5, 0.6) is 0 Å². The van der Waals surface area contributed by atoms with Gasteiger partial charge in [0.2, 0.25) is 0 Å². The lowest BCUT2D eigenvalue weighted by molar-refractivity contribution is -0.124. The molecule has 0 spiro atoms. The number of aromatic nitrogens is 2. The summed E-state index contributed by atoms with van der Waals surface area (Å²) in [5.74, 6) is -0.107. The Kier molecular flexibility index (Phi) is 3.52. The minimum Gasteiger partial charge on any atom is -0.368 e. The molecule has 1 saturated heterocycles. The van der Waals surface area contributed by atoms with Gasteiger partial charge in [0, 0.05) is 29.9 Å². The quantitative estimate of drug-likeness (QED) is 0.933. The van der Waals surface area contributed by atoms with Crippen molar-refractivity contribution in [1.82, 2.24) is 9.97 Å². The Bertz CT molecular complexity index is 564. The molecule has 3 rings (SSSR count). The van der Waals surface area contributed by atoms with Gasteiger partial charge in [-0.15, -0.1) is 11.3 Å². The van der Waals surface area contributed by atoms with Crippen molar-refractivity contribution >= 4 is 22.4 Å². The summed E-state index contributed by atoms with van der Waals surface area (Å²) in [6.45, 7) is 0.664. The number of hydrogen-bond donors (Lipinski definition) is 1. The van der Waals surface area contributed by atoms with Crippen molar-refractivity contribution in [3.63, 3.8) is 0 Å². The molecule has 2 aromatic rings. The van der Waals surface area contributed by atoms with E-state index in [1.54, 1.807) is 12.4 Å². The fourth-order valence-corrected chi connectivity index (χ4v) is 2.67. The van der Waals surface area contributed by atoms with E-state index in [-0.39, 0.29) is 12.0 Å². The maximum absolute atomic E-state index is 11.9. The van der Waals surface area contributed by atoms with Gasteiger partial charge in [0.05, 0.1) is 5.69 Å². The second kappa shape index (κ2) is 5.46. The van der Waals surface area contributed by atoms with Crippen molar-refractivity contribution < 1.29 is 9.53 Å². The van der Waals surface area contributed by atoms with Gasteiger partial charge in [0.15, 0.2) is 5.13 Å². The average Bonchev–Trinajstić information content (AvgIpc) is 3.11. The lowest BCUT2D eigenvalue weighted by Gasteiger charge is -2.07. The number of ether oxygens (including phenoxy) is 1. The van der Waals surface area contributed by atoms with Crippen LogP contribution in [0.4, 0.5) is 5.13 Å². The number of carbonyl (C=O) groups excluding carboxylic acids is 1. The Morgan fingerprint density at radius 2 is 2.47 bits per heavy atom. The Balaban J connectivity index is 1.70. The van der Waals surface area contributed by atoms with Gasteiger partial charge in [-0.05, 0) is 25.0 Å². The fraction of sp³-hybridized carbons (Fsp3) is 0.308. The third-order valence-electron chi connectivity index (χ3n) is 2.91. The van der Waals surface area contributed by atoms with Crippen molar-refractivity contribution in [2.75, 3.05) is 11.9 Å². The zero-order valence-corrected chi connectivity index (χ0v) is 11.0. The van der Waals surface area contributed by atoms with Crippen LogP contribution in [0.1, 0.15) is 12.8 Å². The van der Waals surface area contributed by atoms with Crippen molar-refractivity contribution in [3.05, 3.63) is 29.9 Å². The van der Waals surface area contributed by atoms with E-state index in [0.29, 0.717) is 11.7 Å². The molecule has 3 heterocycles. The number of rotatable bonds is 3. The molecule has 0 unspecified atom stereocenters. The first kappa shape index (κ1) is 12.3. The van der Waals surface area contributed by atoms with Crippen LogP contribution in [-0.2, 0) is 9.53 Å². The number of thiazole rings is 1. The fourth-order valence-electron chi connectivity index (χ4n) is 1.95. The normalized spacial score (nSPS) is 18.4. The van der Waals surface area contributed by atoms with E-state index in [0.717, 1.165) is 24.1 Å². The highest BCUT2D eigenvalue weighted by Gasteiger charge is 2.24. The summed E-state index contributed by atoms with van der Waals surface area (Å²) in [7, 11) is 0. The van der Waals surface area contributed by atoms with E-state index >= 15 is 0 Å². The molecule has 1 aliphatic heterocycles. The van der Waals surface area contributed by atoms with Gasteiger partial charge in [-0.1, -0.05) is 0 Å². The van der Waals surface area contributed by atoms with Crippen molar-refractivity contribution in [3.8, 4) is 11.3 Å². The molecule has 1 amide bonds. The molecule has 98 valence electrons. The molecule has 0 saturated carbocycles. The highest BCUT2D eigenvalue weighted by molar-refractivity contribution is 7.14. The highest BCUT2D eigenvalue weighted by atomic mass is 32.1. The Labute approximate surface area is 114 Å². The zero-order valence-electron chi connectivity index (χ0n) is 10.2. The van der Waals surface area contributed by atoms with E-state index in [1.165, 1.54) is 11.3 Å². The van der Waals surface area contributed by atoms with Crippen LogP contribution < -0.4 is 5.32 Å². The molecule has 1 N–H and O–H groups in total. The number of amides is 1. The number of hydrogen-bond acceptors (Lipinski definition) is 5. The molecule has 6 heteroatoms. The van der Waals surface area contributed by atoms with Gasteiger partial charge in [-0.2, -0.15) is 0 Å². The second-order valence-corrected chi connectivity index (χ2v) is 5.13. The van der Waals surface area contributed by atoms with Crippen LogP contribution in [-0.4, -0.2) is 28.6 Å². The molecule has 0 aromatic carbocycles. The van der Waals surface area contributed by atoms with E-state index in [9.17, 15) is 4.79 Å². The van der Waals surface area contributed by atoms with Gasteiger partial charge in [-0.25, -0.2) is 4.98 Å². The molecule has 5 nitrogen and oxygen atoms in total. The summed E-state index contributed by atoms with van der Waals surface area (Å²) < 4.78 is 5.33. The van der Waals surface area contributed by atoms with E-state index in [4.69, 9.17) is 4.74 Å². The van der Waals surface area contributed by atoms with Crippen LogP contribution in [0.15, 0.2) is 29.9 Å². The van der Waals surface area contributed by atoms with Crippen LogP contribution in [0.25, 0.3) is 11.3 Å². The molecular weight excluding hydrogens is 262 g/mol. The van der Waals surface area contributed by atoms with Gasteiger partial charge in [-0.3, -0.25) is 15.1 Å². The number of nitrogens with zero attached hydrogens (tertiary/aromatic N) is 2. The Morgan fingerprint density at radius 1 is 1.53 bits per heavy atom. The lowest BCUT2D eigenvalue weighted by Crippen LogP contribution is -2.26. The van der Waals surface area contributed by atoms with Gasteiger partial charge >= 0.3 is 0 Å². The third kappa shape index (κ3) is 2.80. The maximum atomic E-state index is 11.9. The predicted molar refractivity (Wildman–Crippen MR) is 72.9 cm³/mol. The first-order valence-corrected chi connectivity index (χ1v) is 6.99. The first-order chi connectivity index (χ1) is 9.33. The molecular formula is C13H13N3O2S. The summed E-state index contributed by atoms with van der Waals surface area (Å²) >= 11 is 1.41. The van der Waals surface area contributed by atoms with E-state index in [2.05, 4.69) is 15.3 Å². The molecule has 0 radical (unpaired) electrons. The number of anilines is 1. The number of nitrogens with one attached hydrogen (secondary N) is 1. The minimum atomic E-state index is -0.328. The van der Waals surface area contributed by atoms with Gasteiger partial charge < -0.3 is 4.74 Å².